The van der Waals surface area contributed by atoms with Gasteiger partial charge >= 0.3 is 0 Å². The number of aromatic nitrogens is 2. The molecule has 32 heavy (non-hydrogen) atoms. The number of carbonyl (C=O) groups is 1. The molecule has 0 radical (unpaired) electrons. The van der Waals surface area contributed by atoms with Crippen LogP contribution < -0.4 is 15.0 Å². The molecule has 1 amide bonds. The zero-order valence-corrected chi connectivity index (χ0v) is 18.5. The van der Waals surface area contributed by atoms with E-state index in [1.165, 1.54) is 5.52 Å². The molecule has 5 rings (SSSR count). The molecule has 2 heterocycles. The Hall–Kier alpha value is -3.51. The standard InChI is InChI=1S/C25H23ClN4O2/c1-17-5-4-6-19(13-17)32-16-25(31)28-21-10-9-18(14-20(21)26)29-11-12-30-23-8-3-2-7-22(23)27-24(30)15-29/h2-10,13-14H,11-12,15-16H2,1H3,(H,28,31). The number of carbonyl (C=O) groups excluding carboxylic acids is 1. The average Bonchev–Trinajstić information content (AvgIpc) is 3.17. The highest BCUT2D eigenvalue weighted by Gasteiger charge is 2.21. The molecule has 1 aromatic heterocycles. The highest BCUT2D eigenvalue weighted by molar-refractivity contribution is 6.34. The Morgan fingerprint density at radius 1 is 1.09 bits per heavy atom. The fourth-order valence-electron chi connectivity index (χ4n) is 4.03. The van der Waals surface area contributed by atoms with Gasteiger partial charge in [-0.05, 0) is 55.0 Å². The van der Waals surface area contributed by atoms with E-state index in [1.807, 2.05) is 67.6 Å². The van der Waals surface area contributed by atoms with Crippen LogP contribution in [-0.4, -0.2) is 28.6 Å². The Kier molecular flexibility index (Phi) is 5.45. The summed E-state index contributed by atoms with van der Waals surface area (Å²) in [4.78, 5) is 19.3. The summed E-state index contributed by atoms with van der Waals surface area (Å²) in [6.07, 6.45) is 0. The van der Waals surface area contributed by atoms with Crippen LogP contribution in [0.3, 0.4) is 0 Å². The lowest BCUT2D eigenvalue weighted by Gasteiger charge is -2.30. The molecule has 0 spiro atoms. The van der Waals surface area contributed by atoms with E-state index in [0.717, 1.165) is 35.7 Å². The number of benzene rings is 3. The molecule has 0 atom stereocenters. The molecule has 1 aliphatic rings. The van der Waals surface area contributed by atoms with Gasteiger partial charge in [0.1, 0.15) is 11.6 Å². The van der Waals surface area contributed by atoms with Crippen LogP contribution >= 0.6 is 11.6 Å². The van der Waals surface area contributed by atoms with E-state index in [9.17, 15) is 4.79 Å². The van der Waals surface area contributed by atoms with Gasteiger partial charge in [-0.25, -0.2) is 4.98 Å². The van der Waals surface area contributed by atoms with Crippen molar-refractivity contribution in [1.29, 1.82) is 0 Å². The van der Waals surface area contributed by atoms with E-state index < -0.39 is 0 Å². The summed E-state index contributed by atoms with van der Waals surface area (Å²) in [5.41, 5.74) is 4.84. The van der Waals surface area contributed by atoms with Crippen LogP contribution in [0.5, 0.6) is 5.75 Å². The third-order valence-corrected chi connectivity index (χ3v) is 5.92. The average molecular weight is 447 g/mol. The minimum Gasteiger partial charge on any atom is -0.484 e. The predicted molar refractivity (Wildman–Crippen MR) is 128 cm³/mol. The molecule has 1 N–H and O–H groups in total. The van der Waals surface area contributed by atoms with Gasteiger partial charge in [0.25, 0.3) is 5.91 Å². The van der Waals surface area contributed by atoms with Crippen molar-refractivity contribution in [3.63, 3.8) is 0 Å². The van der Waals surface area contributed by atoms with Crippen molar-refractivity contribution in [2.75, 3.05) is 23.4 Å². The van der Waals surface area contributed by atoms with Crippen molar-refractivity contribution >= 4 is 39.9 Å². The molecule has 0 fully saturated rings. The van der Waals surface area contributed by atoms with Gasteiger partial charge in [-0.3, -0.25) is 4.79 Å². The smallest absolute Gasteiger partial charge is 0.262 e. The van der Waals surface area contributed by atoms with Gasteiger partial charge in [-0.15, -0.1) is 0 Å². The van der Waals surface area contributed by atoms with Gasteiger partial charge in [-0.2, -0.15) is 0 Å². The Labute approximate surface area is 191 Å². The second-order valence-electron chi connectivity index (χ2n) is 7.91. The van der Waals surface area contributed by atoms with Gasteiger partial charge < -0.3 is 19.5 Å². The molecule has 0 saturated heterocycles. The Morgan fingerprint density at radius 2 is 1.97 bits per heavy atom. The van der Waals surface area contributed by atoms with E-state index in [2.05, 4.69) is 20.9 Å². The van der Waals surface area contributed by atoms with Gasteiger partial charge in [0.15, 0.2) is 6.61 Å². The molecule has 3 aromatic carbocycles. The topological polar surface area (TPSA) is 59.4 Å². The van der Waals surface area contributed by atoms with Crippen molar-refractivity contribution in [3.8, 4) is 5.75 Å². The van der Waals surface area contributed by atoms with Crippen LogP contribution in [0.1, 0.15) is 11.4 Å². The zero-order chi connectivity index (χ0) is 22.1. The van der Waals surface area contributed by atoms with E-state index >= 15 is 0 Å². The quantitative estimate of drug-likeness (QED) is 0.466. The lowest BCUT2D eigenvalue weighted by Crippen LogP contribution is -2.33. The molecule has 162 valence electrons. The van der Waals surface area contributed by atoms with Crippen molar-refractivity contribution in [1.82, 2.24) is 9.55 Å². The SMILES string of the molecule is Cc1cccc(OCC(=O)Nc2ccc(N3CCn4c(nc5ccccc54)C3)cc2Cl)c1. The second kappa shape index (κ2) is 8.55. The molecular weight excluding hydrogens is 424 g/mol. The molecule has 0 aliphatic carbocycles. The highest BCUT2D eigenvalue weighted by Crippen LogP contribution is 2.30. The lowest BCUT2D eigenvalue weighted by atomic mass is 10.2. The third kappa shape index (κ3) is 4.14. The van der Waals surface area contributed by atoms with Crippen molar-refractivity contribution in [2.45, 2.75) is 20.0 Å². The Morgan fingerprint density at radius 3 is 2.81 bits per heavy atom. The maximum atomic E-state index is 12.3. The normalized spacial score (nSPS) is 13.1. The first kappa shape index (κ1) is 20.4. The summed E-state index contributed by atoms with van der Waals surface area (Å²) in [5, 5.41) is 3.32. The van der Waals surface area contributed by atoms with Gasteiger partial charge in [-0.1, -0.05) is 35.9 Å². The third-order valence-electron chi connectivity index (χ3n) is 5.61. The number of para-hydroxylation sites is 2. The minimum absolute atomic E-state index is 0.0795. The number of fused-ring (bicyclic) bond motifs is 3. The Bertz CT molecular complexity index is 1300. The van der Waals surface area contributed by atoms with Crippen LogP contribution in [0.25, 0.3) is 11.0 Å². The maximum Gasteiger partial charge on any atom is 0.262 e. The van der Waals surface area contributed by atoms with Crippen molar-refractivity contribution < 1.29 is 9.53 Å². The molecule has 0 bridgehead atoms. The number of imidazole rings is 1. The largest absolute Gasteiger partial charge is 0.484 e. The zero-order valence-electron chi connectivity index (χ0n) is 17.7. The highest BCUT2D eigenvalue weighted by atomic mass is 35.5. The number of hydrogen-bond donors (Lipinski definition) is 1. The number of nitrogens with one attached hydrogen (secondary N) is 1. The molecule has 7 heteroatoms. The number of rotatable bonds is 5. The first-order valence-electron chi connectivity index (χ1n) is 10.5. The van der Waals surface area contributed by atoms with E-state index in [-0.39, 0.29) is 12.5 Å². The summed E-state index contributed by atoms with van der Waals surface area (Å²) in [7, 11) is 0. The molecular formula is C25H23ClN4O2. The fraction of sp³-hybridized carbons (Fsp3) is 0.200. The number of amides is 1. The van der Waals surface area contributed by atoms with Crippen LogP contribution in [0.15, 0.2) is 66.7 Å². The summed E-state index contributed by atoms with van der Waals surface area (Å²) in [5.74, 6) is 1.45. The van der Waals surface area contributed by atoms with Crippen LogP contribution in [0, 0.1) is 6.92 Å². The first-order valence-corrected chi connectivity index (χ1v) is 10.9. The first-order chi connectivity index (χ1) is 15.6. The van der Waals surface area contributed by atoms with Crippen LogP contribution in [0.2, 0.25) is 5.02 Å². The number of hydrogen-bond acceptors (Lipinski definition) is 4. The van der Waals surface area contributed by atoms with Gasteiger partial charge in [0.2, 0.25) is 0 Å². The Balaban J connectivity index is 1.24. The van der Waals surface area contributed by atoms with E-state index in [0.29, 0.717) is 23.0 Å². The number of ether oxygens (including phenoxy) is 1. The van der Waals surface area contributed by atoms with Gasteiger partial charge in [0, 0.05) is 18.8 Å². The van der Waals surface area contributed by atoms with E-state index in [1.54, 1.807) is 0 Å². The summed E-state index contributed by atoms with van der Waals surface area (Å²) >= 11 is 6.49. The molecule has 4 aromatic rings. The van der Waals surface area contributed by atoms with Crippen LogP contribution in [0.4, 0.5) is 11.4 Å². The molecule has 6 nitrogen and oxygen atoms in total. The monoisotopic (exact) mass is 446 g/mol. The molecule has 0 saturated carbocycles. The molecule has 1 aliphatic heterocycles. The van der Waals surface area contributed by atoms with Crippen LogP contribution in [-0.2, 0) is 17.9 Å². The van der Waals surface area contributed by atoms with Crippen molar-refractivity contribution in [2.24, 2.45) is 0 Å². The number of anilines is 2. The molecule has 0 unspecified atom stereocenters. The van der Waals surface area contributed by atoms with Crippen molar-refractivity contribution in [3.05, 3.63) is 83.1 Å². The second-order valence-corrected chi connectivity index (χ2v) is 8.31. The summed E-state index contributed by atoms with van der Waals surface area (Å²) < 4.78 is 7.84. The lowest BCUT2D eigenvalue weighted by molar-refractivity contribution is -0.118. The number of nitrogens with zero attached hydrogens (tertiary/aromatic N) is 3. The maximum absolute atomic E-state index is 12.3. The summed E-state index contributed by atoms with van der Waals surface area (Å²) in [6, 6.07) is 21.5. The van der Waals surface area contributed by atoms with E-state index in [4.69, 9.17) is 21.3 Å². The fourth-order valence-corrected chi connectivity index (χ4v) is 4.25. The predicted octanol–water partition coefficient (Wildman–Crippen LogP) is 5.04. The minimum atomic E-state index is -0.257. The number of aryl methyl sites for hydroxylation is 1. The summed E-state index contributed by atoms with van der Waals surface area (Å²) in [6.45, 7) is 4.33. The number of halogens is 1. The van der Waals surface area contributed by atoms with Gasteiger partial charge in [0.05, 0.1) is 28.3 Å².